The lowest BCUT2D eigenvalue weighted by Gasteiger charge is -2.41. The van der Waals surface area contributed by atoms with Crippen molar-refractivity contribution in [3.63, 3.8) is 0 Å². The van der Waals surface area contributed by atoms with Gasteiger partial charge in [0.2, 0.25) is 0 Å². The number of hydrogen-bond acceptors (Lipinski definition) is 6. The standard InChI is InChI=1S/C15H24N4O2S/c1-16-14(20)15(18(2)3,12-19-8-10-21-11-9-19)22-13-6-4-5-7-17-13/h4-7H,8-12H2,1-3H3,(H,16,20). The number of likely N-dealkylation sites (N-methyl/N-ethyl adjacent to an activating group) is 2. The zero-order valence-electron chi connectivity index (χ0n) is 13.4. The molecular weight excluding hydrogens is 300 g/mol. The van der Waals surface area contributed by atoms with Crippen LogP contribution in [0.15, 0.2) is 29.4 Å². The van der Waals surface area contributed by atoms with E-state index in [0.717, 1.165) is 18.1 Å². The van der Waals surface area contributed by atoms with Gasteiger partial charge in [-0.1, -0.05) is 17.8 Å². The largest absolute Gasteiger partial charge is 0.379 e. The van der Waals surface area contributed by atoms with Gasteiger partial charge >= 0.3 is 0 Å². The molecule has 1 fully saturated rings. The summed E-state index contributed by atoms with van der Waals surface area (Å²) >= 11 is 1.49. The Balaban J connectivity index is 2.26. The second kappa shape index (κ2) is 7.92. The molecule has 0 saturated carbocycles. The molecule has 6 nitrogen and oxygen atoms in total. The van der Waals surface area contributed by atoms with Crippen molar-refractivity contribution in [1.29, 1.82) is 0 Å². The molecule has 1 unspecified atom stereocenters. The number of carbonyl (C=O) groups excluding carboxylic acids is 1. The van der Waals surface area contributed by atoms with Crippen LogP contribution in [0.5, 0.6) is 0 Å². The predicted molar refractivity (Wildman–Crippen MR) is 87.8 cm³/mol. The number of ether oxygens (including phenoxy) is 1. The van der Waals surface area contributed by atoms with E-state index in [4.69, 9.17) is 4.74 Å². The Morgan fingerprint density at radius 2 is 2.18 bits per heavy atom. The van der Waals surface area contributed by atoms with Crippen molar-refractivity contribution in [2.45, 2.75) is 9.90 Å². The van der Waals surface area contributed by atoms with Crippen LogP contribution in [-0.2, 0) is 9.53 Å². The molecule has 0 aromatic carbocycles. The van der Waals surface area contributed by atoms with E-state index in [9.17, 15) is 4.79 Å². The van der Waals surface area contributed by atoms with Crippen molar-refractivity contribution in [3.05, 3.63) is 24.4 Å². The van der Waals surface area contributed by atoms with E-state index < -0.39 is 4.87 Å². The van der Waals surface area contributed by atoms with Crippen LogP contribution < -0.4 is 5.32 Å². The van der Waals surface area contributed by atoms with Gasteiger partial charge in [0.15, 0.2) is 4.87 Å². The van der Waals surface area contributed by atoms with Crippen LogP contribution in [0.3, 0.4) is 0 Å². The molecule has 1 aliphatic rings. The first-order valence-electron chi connectivity index (χ1n) is 7.38. The molecule has 1 atom stereocenters. The number of nitrogens with zero attached hydrogens (tertiary/aromatic N) is 3. The monoisotopic (exact) mass is 324 g/mol. The number of thioether (sulfide) groups is 1. The SMILES string of the molecule is CNC(=O)C(CN1CCOCC1)(Sc1ccccn1)N(C)C. The maximum Gasteiger partial charge on any atom is 0.252 e. The Bertz CT molecular complexity index is 480. The maximum atomic E-state index is 12.7. The van der Waals surface area contributed by atoms with Gasteiger partial charge in [-0.2, -0.15) is 0 Å². The first-order valence-corrected chi connectivity index (χ1v) is 8.20. The highest BCUT2D eigenvalue weighted by molar-refractivity contribution is 8.01. The third-order valence-corrected chi connectivity index (χ3v) is 5.23. The first-order chi connectivity index (χ1) is 10.6. The van der Waals surface area contributed by atoms with E-state index in [0.29, 0.717) is 19.8 Å². The predicted octanol–water partition coefficient (Wildman–Crippen LogP) is 0.510. The van der Waals surface area contributed by atoms with Gasteiger partial charge in [0.1, 0.15) is 0 Å². The molecule has 1 amide bonds. The lowest BCUT2D eigenvalue weighted by molar-refractivity contribution is -0.128. The van der Waals surface area contributed by atoms with E-state index in [1.54, 1.807) is 13.2 Å². The summed E-state index contributed by atoms with van der Waals surface area (Å²) in [5.41, 5.74) is 0. The second-order valence-corrected chi connectivity index (χ2v) is 6.71. The Labute approximate surface area is 136 Å². The van der Waals surface area contributed by atoms with E-state index in [2.05, 4.69) is 15.2 Å². The maximum absolute atomic E-state index is 12.7. The molecule has 1 aromatic heterocycles. The Hall–Kier alpha value is -1.15. The highest BCUT2D eigenvalue weighted by atomic mass is 32.2. The summed E-state index contributed by atoms with van der Waals surface area (Å²) < 4.78 is 5.40. The molecule has 0 aliphatic carbocycles. The van der Waals surface area contributed by atoms with Crippen molar-refractivity contribution in [3.8, 4) is 0 Å². The highest BCUT2D eigenvalue weighted by Gasteiger charge is 2.43. The molecule has 7 heteroatoms. The lowest BCUT2D eigenvalue weighted by atomic mass is 10.2. The lowest BCUT2D eigenvalue weighted by Crippen LogP contribution is -2.60. The molecule has 1 aromatic rings. The minimum Gasteiger partial charge on any atom is -0.379 e. The smallest absolute Gasteiger partial charge is 0.252 e. The summed E-state index contributed by atoms with van der Waals surface area (Å²) in [5.74, 6) is -0.0142. The van der Waals surface area contributed by atoms with Crippen molar-refractivity contribution in [2.75, 3.05) is 54.0 Å². The summed E-state index contributed by atoms with van der Waals surface area (Å²) in [6.45, 7) is 3.74. The number of hydrogen-bond donors (Lipinski definition) is 1. The molecule has 0 spiro atoms. The quantitative estimate of drug-likeness (QED) is 0.608. The summed E-state index contributed by atoms with van der Waals surface area (Å²) in [4.78, 5) is 20.6. The van der Waals surface area contributed by atoms with Gasteiger partial charge in [0.05, 0.1) is 18.2 Å². The van der Waals surface area contributed by atoms with E-state index >= 15 is 0 Å². The summed E-state index contributed by atoms with van der Waals surface area (Å²) in [7, 11) is 5.55. The van der Waals surface area contributed by atoms with Crippen molar-refractivity contribution in [2.24, 2.45) is 0 Å². The number of carbonyl (C=O) groups is 1. The molecule has 122 valence electrons. The average Bonchev–Trinajstić information content (AvgIpc) is 2.55. The fourth-order valence-corrected chi connectivity index (χ4v) is 3.65. The molecule has 0 radical (unpaired) electrons. The van der Waals surface area contributed by atoms with Gasteiger partial charge < -0.3 is 10.1 Å². The topological polar surface area (TPSA) is 57.7 Å². The van der Waals surface area contributed by atoms with Crippen molar-refractivity contribution < 1.29 is 9.53 Å². The number of morpholine rings is 1. The fourth-order valence-electron chi connectivity index (χ4n) is 2.42. The number of rotatable bonds is 6. The van der Waals surface area contributed by atoms with E-state index in [-0.39, 0.29) is 5.91 Å². The zero-order chi connectivity index (χ0) is 16.0. The van der Waals surface area contributed by atoms with Gasteiger partial charge in [0, 0.05) is 32.9 Å². The van der Waals surface area contributed by atoms with Gasteiger partial charge in [-0.25, -0.2) is 4.98 Å². The molecule has 22 heavy (non-hydrogen) atoms. The van der Waals surface area contributed by atoms with Crippen LogP contribution in [0.4, 0.5) is 0 Å². The normalized spacial score (nSPS) is 18.9. The summed E-state index contributed by atoms with van der Waals surface area (Å²) in [6.07, 6.45) is 1.75. The van der Waals surface area contributed by atoms with Gasteiger partial charge in [0.25, 0.3) is 5.91 Å². The van der Waals surface area contributed by atoms with Gasteiger partial charge in [-0.15, -0.1) is 0 Å². The van der Waals surface area contributed by atoms with Crippen molar-refractivity contribution in [1.82, 2.24) is 20.1 Å². The van der Waals surface area contributed by atoms with E-state index in [1.807, 2.05) is 37.2 Å². The Morgan fingerprint density at radius 3 is 2.73 bits per heavy atom. The third kappa shape index (κ3) is 3.98. The second-order valence-electron chi connectivity index (χ2n) is 5.42. The summed E-state index contributed by atoms with van der Waals surface area (Å²) in [5, 5.41) is 3.65. The van der Waals surface area contributed by atoms with Crippen LogP contribution in [0.1, 0.15) is 0 Å². The molecule has 1 aliphatic heterocycles. The number of amides is 1. The van der Waals surface area contributed by atoms with Crippen LogP contribution in [0.2, 0.25) is 0 Å². The molecule has 2 heterocycles. The zero-order valence-corrected chi connectivity index (χ0v) is 14.2. The van der Waals surface area contributed by atoms with Crippen LogP contribution in [0.25, 0.3) is 0 Å². The number of pyridine rings is 1. The van der Waals surface area contributed by atoms with Gasteiger partial charge in [-0.05, 0) is 26.2 Å². The Morgan fingerprint density at radius 1 is 1.45 bits per heavy atom. The molecule has 2 rings (SSSR count). The number of aromatic nitrogens is 1. The van der Waals surface area contributed by atoms with Crippen LogP contribution >= 0.6 is 11.8 Å². The van der Waals surface area contributed by atoms with Crippen LogP contribution in [0, 0.1) is 0 Å². The average molecular weight is 324 g/mol. The van der Waals surface area contributed by atoms with E-state index in [1.165, 1.54) is 11.8 Å². The van der Waals surface area contributed by atoms with Crippen LogP contribution in [-0.4, -0.2) is 79.6 Å². The molecule has 1 N–H and O–H groups in total. The third-order valence-electron chi connectivity index (χ3n) is 3.76. The fraction of sp³-hybridized carbons (Fsp3) is 0.600. The summed E-state index contributed by atoms with van der Waals surface area (Å²) in [6, 6.07) is 5.75. The molecule has 0 bridgehead atoms. The van der Waals surface area contributed by atoms with Gasteiger partial charge in [-0.3, -0.25) is 14.6 Å². The Kier molecular flexibility index (Phi) is 6.19. The first kappa shape index (κ1) is 17.2. The molecule has 1 saturated heterocycles. The minimum atomic E-state index is -0.722. The molecular formula is C15H24N4O2S. The minimum absolute atomic E-state index is 0.0142. The van der Waals surface area contributed by atoms with Crippen molar-refractivity contribution >= 4 is 17.7 Å². The highest BCUT2D eigenvalue weighted by Crippen LogP contribution is 2.34. The number of nitrogens with one attached hydrogen (secondary N) is 1.